The highest BCUT2D eigenvalue weighted by atomic mass is 31.2. The van der Waals surface area contributed by atoms with Crippen molar-refractivity contribution >= 4 is 7.82 Å². The number of imidazole rings is 1. The average molecular weight is 235 g/mol. The van der Waals surface area contributed by atoms with Gasteiger partial charge in [-0.15, -0.1) is 0 Å². The molecular weight excluding hydrogens is 225 g/mol. The van der Waals surface area contributed by atoms with Gasteiger partial charge in [0.1, 0.15) is 18.5 Å². The van der Waals surface area contributed by atoms with Crippen molar-refractivity contribution < 1.29 is 18.9 Å². The van der Waals surface area contributed by atoms with Gasteiger partial charge in [-0.3, -0.25) is 4.52 Å². The number of aromatic nitrogens is 2. The number of H-pyrrole nitrogens is 1. The van der Waals surface area contributed by atoms with E-state index in [1.54, 1.807) is 6.92 Å². The molecule has 1 aromatic heterocycles. The summed E-state index contributed by atoms with van der Waals surface area (Å²) in [7, 11) is -4.49. The van der Waals surface area contributed by atoms with Crippen molar-refractivity contribution in [1.82, 2.24) is 9.97 Å². The normalized spacial score (nSPS) is 13.8. The molecule has 1 rings (SSSR count). The van der Waals surface area contributed by atoms with Crippen molar-refractivity contribution in [2.45, 2.75) is 19.6 Å². The van der Waals surface area contributed by atoms with Gasteiger partial charge in [-0.1, -0.05) is 5.18 Å². The molecule has 0 aromatic carbocycles. The number of rotatable bonds is 5. The van der Waals surface area contributed by atoms with E-state index in [0.29, 0.717) is 11.5 Å². The molecule has 8 nitrogen and oxygen atoms in total. The van der Waals surface area contributed by atoms with Crippen molar-refractivity contribution in [3.8, 4) is 0 Å². The molecule has 1 atom stereocenters. The lowest BCUT2D eigenvalue weighted by molar-refractivity contribution is 0.187. The molecule has 0 radical (unpaired) electrons. The molecule has 0 saturated heterocycles. The van der Waals surface area contributed by atoms with Crippen molar-refractivity contribution in [2.75, 3.05) is 0 Å². The number of phosphoric acid groups is 1. The Labute approximate surface area is 84.9 Å². The second-order valence-corrected chi connectivity index (χ2v) is 4.08. The summed E-state index contributed by atoms with van der Waals surface area (Å²) in [5.74, 6) is 0.328. The van der Waals surface area contributed by atoms with Crippen LogP contribution in [0.15, 0.2) is 11.4 Å². The highest BCUT2D eigenvalue weighted by Crippen LogP contribution is 2.36. The molecular formula is C6H10N3O5P. The van der Waals surface area contributed by atoms with E-state index in [1.165, 1.54) is 6.20 Å². The van der Waals surface area contributed by atoms with E-state index in [2.05, 4.69) is 19.7 Å². The van der Waals surface area contributed by atoms with E-state index in [9.17, 15) is 9.47 Å². The molecule has 0 aliphatic rings. The Kier molecular flexibility index (Phi) is 3.70. The Hall–Kier alpha value is -1.08. The molecule has 3 N–H and O–H groups in total. The molecule has 0 fully saturated rings. The minimum absolute atomic E-state index is 0.303. The first-order chi connectivity index (χ1) is 6.92. The van der Waals surface area contributed by atoms with Crippen LogP contribution in [0.1, 0.15) is 24.5 Å². The van der Waals surface area contributed by atoms with Crippen LogP contribution in [0.2, 0.25) is 0 Å². The highest BCUT2D eigenvalue weighted by Gasteiger charge is 2.15. The maximum Gasteiger partial charge on any atom is 0.469 e. The van der Waals surface area contributed by atoms with Crippen LogP contribution in [0.4, 0.5) is 0 Å². The zero-order valence-corrected chi connectivity index (χ0v) is 8.72. The molecule has 0 saturated carbocycles. The number of hydrogen-bond acceptors (Lipinski definition) is 5. The second-order valence-electron chi connectivity index (χ2n) is 2.84. The smallest absolute Gasteiger partial charge is 0.342 e. The summed E-state index contributed by atoms with van der Waals surface area (Å²) in [4.78, 5) is 33.5. The Morgan fingerprint density at radius 1 is 1.73 bits per heavy atom. The summed E-state index contributed by atoms with van der Waals surface area (Å²) in [5, 5.41) is 2.74. The van der Waals surface area contributed by atoms with Crippen molar-refractivity contribution in [2.24, 2.45) is 5.18 Å². The van der Waals surface area contributed by atoms with Gasteiger partial charge in [-0.2, -0.15) is 4.91 Å². The minimum Gasteiger partial charge on any atom is -0.342 e. The van der Waals surface area contributed by atoms with Crippen molar-refractivity contribution in [3.05, 3.63) is 22.6 Å². The number of phosphoric ester groups is 1. The van der Waals surface area contributed by atoms with Crippen LogP contribution >= 0.6 is 7.82 Å². The number of aromatic amines is 1. The van der Waals surface area contributed by atoms with Crippen molar-refractivity contribution in [3.63, 3.8) is 0 Å². The molecule has 1 heterocycles. The Morgan fingerprint density at radius 3 is 2.93 bits per heavy atom. The largest absolute Gasteiger partial charge is 0.469 e. The Morgan fingerprint density at radius 2 is 2.40 bits per heavy atom. The number of hydrogen-bond donors (Lipinski definition) is 3. The first kappa shape index (κ1) is 12.0. The third kappa shape index (κ3) is 3.88. The van der Waals surface area contributed by atoms with Gasteiger partial charge in [-0.05, 0) is 6.92 Å². The lowest BCUT2D eigenvalue weighted by Crippen LogP contribution is -1.94. The van der Waals surface area contributed by atoms with Crippen LogP contribution in [0.5, 0.6) is 0 Å². The third-order valence-electron chi connectivity index (χ3n) is 1.59. The number of nitrogens with one attached hydrogen (secondary N) is 1. The second kappa shape index (κ2) is 4.63. The van der Waals surface area contributed by atoms with Crippen LogP contribution in [0.25, 0.3) is 0 Å². The topological polar surface area (TPSA) is 125 Å². The van der Waals surface area contributed by atoms with E-state index >= 15 is 0 Å². The quantitative estimate of drug-likeness (QED) is 0.513. The standard InChI is InChI=1S/C6H10N3O5P/c1-4(9-10)6-7-2-5(8-6)3-14-15(11,12)13/h2,4H,3H2,1H3,(H,7,8)(H2,11,12,13). The van der Waals surface area contributed by atoms with Gasteiger partial charge < -0.3 is 14.8 Å². The molecule has 0 aliphatic heterocycles. The predicted octanol–water partition coefficient (Wildman–Crippen LogP) is 0.846. The van der Waals surface area contributed by atoms with Gasteiger partial charge in [0.15, 0.2) is 0 Å². The fourth-order valence-corrected chi connectivity index (χ4v) is 1.17. The van der Waals surface area contributed by atoms with Gasteiger partial charge >= 0.3 is 7.82 Å². The van der Waals surface area contributed by atoms with Crippen LogP contribution < -0.4 is 0 Å². The fraction of sp³-hybridized carbons (Fsp3) is 0.500. The molecule has 0 aliphatic carbocycles. The maximum absolute atomic E-state index is 10.4. The minimum atomic E-state index is -4.49. The summed E-state index contributed by atoms with van der Waals surface area (Å²) in [5.41, 5.74) is 0.365. The van der Waals surface area contributed by atoms with E-state index in [4.69, 9.17) is 9.79 Å². The first-order valence-electron chi connectivity index (χ1n) is 3.98. The number of nitrogens with zero attached hydrogens (tertiary/aromatic N) is 2. The summed E-state index contributed by atoms with van der Waals surface area (Å²) in [6.45, 7) is 1.24. The lowest BCUT2D eigenvalue weighted by atomic mass is 10.3. The number of nitroso groups, excluding NO2 is 1. The summed E-state index contributed by atoms with van der Waals surface area (Å²) >= 11 is 0. The van der Waals surface area contributed by atoms with Gasteiger partial charge in [0.05, 0.1) is 11.9 Å². The molecule has 0 amide bonds. The summed E-state index contributed by atoms with van der Waals surface area (Å²) in [6.07, 6.45) is 1.33. The highest BCUT2D eigenvalue weighted by molar-refractivity contribution is 7.46. The Balaban J connectivity index is 2.61. The van der Waals surface area contributed by atoms with Gasteiger partial charge in [0.25, 0.3) is 0 Å². The van der Waals surface area contributed by atoms with Gasteiger partial charge in [-0.25, -0.2) is 9.55 Å². The molecule has 1 aromatic rings. The molecule has 0 spiro atoms. The van der Waals surface area contributed by atoms with Crippen LogP contribution in [0.3, 0.4) is 0 Å². The van der Waals surface area contributed by atoms with Crippen LogP contribution in [-0.2, 0) is 15.7 Å². The van der Waals surface area contributed by atoms with Gasteiger partial charge in [0, 0.05) is 0 Å². The molecule has 84 valence electrons. The van der Waals surface area contributed by atoms with Crippen LogP contribution in [0, 0.1) is 4.91 Å². The molecule has 9 heteroatoms. The first-order valence-corrected chi connectivity index (χ1v) is 5.51. The zero-order valence-electron chi connectivity index (χ0n) is 7.82. The lowest BCUT2D eigenvalue weighted by Gasteiger charge is -2.02. The van der Waals surface area contributed by atoms with Crippen molar-refractivity contribution in [1.29, 1.82) is 0 Å². The summed E-state index contributed by atoms with van der Waals surface area (Å²) in [6, 6.07) is -0.631. The third-order valence-corrected chi connectivity index (χ3v) is 2.06. The fourth-order valence-electron chi connectivity index (χ4n) is 0.866. The SMILES string of the molecule is CC(N=O)c1ncc(COP(=O)(O)O)[nH]1. The summed E-state index contributed by atoms with van der Waals surface area (Å²) < 4.78 is 14.6. The maximum atomic E-state index is 10.4. The molecule has 0 bridgehead atoms. The monoisotopic (exact) mass is 235 g/mol. The predicted molar refractivity (Wildman–Crippen MR) is 49.6 cm³/mol. The van der Waals surface area contributed by atoms with E-state index < -0.39 is 13.9 Å². The van der Waals surface area contributed by atoms with E-state index in [0.717, 1.165) is 0 Å². The van der Waals surface area contributed by atoms with Crippen LogP contribution in [-0.4, -0.2) is 19.8 Å². The van der Waals surface area contributed by atoms with E-state index in [1.807, 2.05) is 0 Å². The van der Waals surface area contributed by atoms with E-state index in [-0.39, 0.29) is 6.61 Å². The molecule has 1 unspecified atom stereocenters. The zero-order chi connectivity index (χ0) is 11.5. The van der Waals surface area contributed by atoms with Gasteiger partial charge in [0.2, 0.25) is 0 Å². The Bertz CT molecular complexity index is 386. The average Bonchev–Trinajstić information content (AvgIpc) is 2.61. The molecule has 15 heavy (non-hydrogen) atoms.